The summed E-state index contributed by atoms with van der Waals surface area (Å²) in [6.45, 7) is 3.61. The molecule has 0 aliphatic carbocycles. The summed E-state index contributed by atoms with van der Waals surface area (Å²) in [5.41, 5.74) is 6.59. The molecule has 1 aromatic heterocycles. The highest BCUT2D eigenvalue weighted by Gasteiger charge is 2.04. The van der Waals surface area contributed by atoms with Crippen molar-refractivity contribution in [2.24, 2.45) is 5.73 Å². The van der Waals surface area contributed by atoms with Crippen LogP contribution in [-0.4, -0.2) is 4.98 Å². The topological polar surface area (TPSA) is 38.9 Å². The van der Waals surface area contributed by atoms with Crippen molar-refractivity contribution >= 4 is 11.6 Å². The first-order valence-corrected chi connectivity index (χ1v) is 4.09. The van der Waals surface area contributed by atoms with Gasteiger partial charge in [0.1, 0.15) is 0 Å². The molecular weight excluding hydrogens is 172 g/mol. The van der Waals surface area contributed by atoms with Crippen LogP contribution in [0.1, 0.15) is 18.2 Å². The monoisotopic (exact) mass is 182 g/mol. The predicted octanol–water partition coefficient (Wildman–Crippen LogP) is 2.31. The second-order valence-electron chi connectivity index (χ2n) is 2.53. The van der Waals surface area contributed by atoms with Crippen LogP contribution >= 0.6 is 11.6 Å². The minimum atomic E-state index is -0.0961. The Bertz CT molecular complexity index is 273. The quantitative estimate of drug-likeness (QED) is 0.729. The summed E-state index contributed by atoms with van der Waals surface area (Å²) >= 11 is 5.77. The second-order valence-corrected chi connectivity index (χ2v) is 2.97. The van der Waals surface area contributed by atoms with E-state index in [1.807, 2.05) is 0 Å². The first kappa shape index (κ1) is 9.23. The highest BCUT2D eigenvalue weighted by Crippen LogP contribution is 2.15. The van der Waals surface area contributed by atoms with E-state index in [0.29, 0.717) is 11.4 Å². The van der Waals surface area contributed by atoms with Crippen LogP contribution < -0.4 is 5.73 Å². The van der Waals surface area contributed by atoms with Gasteiger partial charge in [0.05, 0.1) is 11.7 Å². The average molecular weight is 183 g/mol. The summed E-state index contributed by atoms with van der Waals surface area (Å²) in [4.78, 5) is 4.10. The molecule has 1 unspecified atom stereocenters. The maximum absolute atomic E-state index is 5.78. The van der Waals surface area contributed by atoms with Gasteiger partial charge < -0.3 is 5.73 Å². The fourth-order valence-electron chi connectivity index (χ4n) is 0.924. The van der Waals surface area contributed by atoms with Crippen LogP contribution in [0.4, 0.5) is 0 Å². The molecule has 1 heterocycles. The fourth-order valence-corrected chi connectivity index (χ4v) is 1.09. The standard InChI is InChI=1S/C9H11ClN2/c1-2-3-8(11)9-6-7(10)4-5-12-9/h2,4-6,8H,1,3,11H2. The van der Waals surface area contributed by atoms with Crippen LogP contribution in [0, 0.1) is 0 Å². The lowest BCUT2D eigenvalue weighted by molar-refractivity contribution is 0.714. The van der Waals surface area contributed by atoms with Crippen molar-refractivity contribution in [2.75, 3.05) is 0 Å². The first-order valence-electron chi connectivity index (χ1n) is 3.72. The summed E-state index contributed by atoms with van der Waals surface area (Å²) in [7, 11) is 0. The van der Waals surface area contributed by atoms with E-state index in [2.05, 4.69) is 11.6 Å². The van der Waals surface area contributed by atoms with Gasteiger partial charge in [-0.1, -0.05) is 17.7 Å². The molecule has 64 valence electrons. The van der Waals surface area contributed by atoms with Gasteiger partial charge >= 0.3 is 0 Å². The van der Waals surface area contributed by atoms with Crippen LogP contribution in [0.5, 0.6) is 0 Å². The normalized spacial score (nSPS) is 12.5. The summed E-state index contributed by atoms with van der Waals surface area (Å²) in [6.07, 6.45) is 4.14. The van der Waals surface area contributed by atoms with Crippen molar-refractivity contribution in [1.82, 2.24) is 4.98 Å². The van der Waals surface area contributed by atoms with E-state index >= 15 is 0 Å². The van der Waals surface area contributed by atoms with E-state index in [9.17, 15) is 0 Å². The molecule has 1 aromatic rings. The molecule has 0 aromatic carbocycles. The molecule has 3 heteroatoms. The number of hydrogen-bond acceptors (Lipinski definition) is 2. The van der Waals surface area contributed by atoms with Crippen molar-refractivity contribution in [3.05, 3.63) is 41.7 Å². The van der Waals surface area contributed by atoms with E-state index in [4.69, 9.17) is 17.3 Å². The lowest BCUT2D eigenvalue weighted by atomic mass is 10.1. The van der Waals surface area contributed by atoms with E-state index in [-0.39, 0.29) is 6.04 Å². The Labute approximate surface area is 77.1 Å². The molecule has 0 amide bonds. The van der Waals surface area contributed by atoms with Gasteiger partial charge in [-0.2, -0.15) is 0 Å². The number of nitrogens with zero attached hydrogens (tertiary/aromatic N) is 1. The van der Waals surface area contributed by atoms with E-state index < -0.39 is 0 Å². The Morgan fingerprint density at radius 2 is 2.50 bits per heavy atom. The molecular formula is C9H11ClN2. The van der Waals surface area contributed by atoms with E-state index in [1.54, 1.807) is 24.4 Å². The van der Waals surface area contributed by atoms with Crippen LogP contribution in [0.25, 0.3) is 0 Å². The Morgan fingerprint density at radius 1 is 1.75 bits per heavy atom. The molecule has 2 N–H and O–H groups in total. The molecule has 0 aliphatic heterocycles. The summed E-state index contributed by atoms with van der Waals surface area (Å²) in [6, 6.07) is 3.41. The van der Waals surface area contributed by atoms with Gasteiger partial charge in [-0.3, -0.25) is 4.98 Å². The fraction of sp³-hybridized carbons (Fsp3) is 0.222. The minimum absolute atomic E-state index is 0.0961. The van der Waals surface area contributed by atoms with E-state index in [1.165, 1.54) is 0 Å². The van der Waals surface area contributed by atoms with Gasteiger partial charge in [0.25, 0.3) is 0 Å². The molecule has 0 fully saturated rings. The number of nitrogens with two attached hydrogens (primary N) is 1. The summed E-state index contributed by atoms with van der Waals surface area (Å²) in [5, 5.41) is 0.666. The van der Waals surface area contributed by atoms with Crippen molar-refractivity contribution in [1.29, 1.82) is 0 Å². The number of aromatic nitrogens is 1. The van der Waals surface area contributed by atoms with Crippen LogP contribution in [-0.2, 0) is 0 Å². The Kier molecular flexibility index (Phi) is 3.26. The Balaban J connectivity index is 2.80. The second kappa shape index (κ2) is 4.24. The predicted molar refractivity (Wildman–Crippen MR) is 51.0 cm³/mol. The van der Waals surface area contributed by atoms with Crippen molar-refractivity contribution in [2.45, 2.75) is 12.5 Å². The van der Waals surface area contributed by atoms with Crippen LogP contribution in [0.15, 0.2) is 31.0 Å². The molecule has 0 aliphatic rings. The van der Waals surface area contributed by atoms with Crippen molar-refractivity contribution < 1.29 is 0 Å². The van der Waals surface area contributed by atoms with Crippen LogP contribution in [0.3, 0.4) is 0 Å². The molecule has 1 atom stereocenters. The molecule has 2 nitrogen and oxygen atoms in total. The molecule has 0 saturated carbocycles. The smallest absolute Gasteiger partial charge is 0.0588 e. The zero-order chi connectivity index (χ0) is 8.97. The van der Waals surface area contributed by atoms with Gasteiger partial charge in [-0.15, -0.1) is 6.58 Å². The minimum Gasteiger partial charge on any atom is -0.322 e. The van der Waals surface area contributed by atoms with Crippen LogP contribution in [0.2, 0.25) is 5.02 Å². The zero-order valence-corrected chi connectivity index (χ0v) is 7.46. The van der Waals surface area contributed by atoms with Gasteiger partial charge in [0.15, 0.2) is 0 Å². The average Bonchev–Trinajstić information content (AvgIpc) is 2.05. The summed E-state index contributed by atoms with van der Waals surface area (Å²) < 4.78 is 0. The largest absolute Gasteiger partial charge is 0.322 e. The Hall–Kier alpha value is -0.860. The van der Waals surface area contributed by atoms with Gasteiger partial charge in [0.2, 0.25) is 0 Å². The number of hydrogen-bond donors (Lipinski definition) is 1. The third-order valence-corrected chi connectivity index (χ3v) is 1.78. The van der Waals surface area contributed by atoms with Gasteiger partial charge in [0, 0.05) is 11.2 Å². The maximum Gasteiger partial charge on any atom is 0.0588 e. The SMILES string of the molecule is C=CCC(N)c1cc(Cl)ccn1. The number of halogens is 1. The highest BCUT2D eigenvalue weighted by molar-refractivity contribution is 6.30. The van der Waals surface area contributed by atoms with Crippen molar-refractivity contribution in [3.8, 4) is 0 Å². The Morgan fingerprint density at radius 3 is 3.08 bits per heavy atom. The van der Waals surface area contributed by atoms with Gasteiger partial charge in [-0.05, 0) is 18.6 Å². The molecule has 0 bridgehead atoms. The molecule has 1 rings (SSSR count). The van der Waals surface area contributed by atoms with Crippen molar-refractivity contribution in [3.63, 3.8) is 0 Å². The lowest BCUT2D eigenvalue weighted by Crippen LogP contribution is -2.10. The molecule has 0 spiro atoms. The van der Waals surface area contributed by atoms with E-state index in [0.717, 1.165) is 5.69 Å². The number of rotatable bonds is 3. The molecule has 0 radical (unpaired) electrons. The third-order valence-electron chi connectivity index (χ3n) is 1.54. The molecule has 0 saturated heterocycles. The zero-order valence-electron chi connectivity index (χ0n) is 6.70. The number of pyridine rings is 1. The maximum atomic E-state index is 5.78. The third kappa shape index (κ3) is 2.32. The lowest BCUT2D eigenvalue weighted by Gasteiger charge is -2.07. The first-order chi connectivity index (χ1) is 5.74. The summed E-state index contributed by atoms with van der Waals surface area (Å²) in [5.74, 6) is 0. The molecule has 12 heavy (non-hydrogen) atoms. The highest BCUT2D eigenvalue weighted by atomic mass is 35.5. The van der Waals surface area contributed by atoms with Gasteiger partial charge in [-0.25, -0.2) is 0 Å².